The predicted octanol–water partition coefficient (Wildman–Crippen LogP) is 2.28. The van der Waals surface area contributed by atoms with Gasteiger partial charge in [-0.1, -0.05) is 29.5 Å². The van der Waals surface area contributed by atoms with Crippen LogP contribution < -0.4 is 9.94 Å². The van der Waals surface area contributed by atoms with E-state index < -0.39 is 10.0 Å². The molecule has 0 aliphatic heterocycles. The van der Waals surface area contributed by atoms with Crippen molar-refractivity contribution < 1.29 is 17.9 Å². The largest absolute Gasteiger partial charge is 0.383 e. The number of primary sulfonamides is 1. The van der Waals surface area contributed by atoms with Crippen LogP contribution in [0.2, 0.25) is 0 Å². The summed E-state index contributed by atoms with van der Waals surface area (Å²) in [5, 5.41) is 5.23. The summed E-state index contributed by atoms with van der Waals surface area (Å²) in [7, 11) is -2.22. The molecule has 29 heavy (non-hydrogen) atoms. The van der Waals surface area contributed by atoms with Crippen molar-refractivity contribution in [2.24, 2.45) is 10.1 Å². The summed E-state index contributed by atoms with van der Waals surface area (Å²) in [6, 6.07) is 10.5. The average molecular weight is 434 g/mol. The van der Waals surface area contributed by atoms with Crippen LogP contribution in [0.15, 0.2) is 46.3 Å². The van der Waals surface area contributed by atoms with Gasteiger partial charge in [0, 0.05) is 13.7 Å². The summed E-state index contributed by atoms with van der Waals surface area (Å²) in [5.41, 5.74) is 3.98. The second-order valence-corrected chi connectivity index (χ2v) is 9.38. The van der Waals surface area contributed by atoms with Crippen molar-refractivity contribution in [3.05, 3.63) is 57.9 Å². The van der Waals surface area contributed by atoms with Gasteiger partial charge in [0.15, 0.2) is 4.80 Å². The highest BCUT2D eigenvalue weighted by molar-refractivity contribution is 7.89. The maximum Gasteiger partial charge on any atom is 0.252 e. The number of nitrogens with two attached hydrogens (primary N) is 1. The van der Waals surface area contributed by atoms with Crippen molar-refractivity contribution >= 4 is 37.5 Å². The van der Waals surface area contributed by atoms with Crippen LogP contribution in [0.5, 0.6) is 0 Å². The summed E-state index contributed by atoms with van der Waals surface area (Å²) in [6.07, 6.45) is 0.197. The predicted molar refractivity (Wildman–Crippen MR) is 113 cm³/mol. The highest BCUT2D eigenvalue weighted by atomic mass is 32.2. The van der Waals surface area contributed by atoms with Crippen LogP contribution in [-0.4, -0.2) is 32.6 Å². The van der Waals surface area contributed by atoms with Gasteiger partial charge in [0.25, 0.3) is 5.91 Å². The van der Waals surface area contributed by atoms with E-state index in [0.29, 0.717) is 22.7 Å². The van der Waals surface area contributed by atoms with Crippen molar-refractivity contribution in [2.75, 3.05) is 13.7 Å². The minimum Gasteiger partial charge on any atom is -0.383 e. The van der Waals surface area contributed by atoms with Crippen LogP contribution in [-0.2, 0) is 32.5 Å². The number of methoxy groups -OCH3 is 1. The highest BCUT2D eigenvalue weighted by Gasteiger charge is 2.13. The molecular weight excluding hydrogens is 410 g/mol. The molecule has 7 nitrogen and oxygen atoms in total. The number of thiazole rings is 1. The fourth-order valence-electron chi connectivity index (χ4n) is 2.95. The van der Waals surface area contributed by atoms with E-state index in [1.807, 2.05) is 36.6 Å². The maximum absolute atomic E-state index is 12.6. The minimum absolute atomic E-state index is 0.0261. The van der Waals surface area contributed by atoms with Gasteiger partial charge >= 0.3 is 0 Å². The number of fused-ring (bicyclic) bond motifs is 1. The van der Waals surface area contributed by atoms with E-state index in [0.717, 1.165) is 16.6 Å². The second kappa shape index (κ2) is 8.58. The van der Waals surface area contributed by atoms with E-state index >= 15 is 0 Å². The first-order chi connectivity index (χ1) is 13.7. The summed E-state index contributed by atoms with van der Waals surface area (Å²) >= 11 is 1.25. The van der Waals surface area contributed by atoms with Crippen LogP contribution in [0.4, 0.5) is 0 Å². The van der Waals surface area contributed by atoms with Crippen LogP contribution in [0.25, 0.3) is 10.2 Å². The summed E-state index contributed by atoms with van der Waals surface area (Å²) < 4.78 is 31.0. The third-order valence-electron chi connectivity index (χ3n) is 4.65. The SMILES string of the molecule is COCCn1c(=NC(=O)Cc2ccc(C)c(C)c2)sc2cc(S(N)(=O)=O)ccc21. The molecule has 0 saturated carbocycles. The lowest BCUT2D eigenvalue weighted by molar-refractivity contribution is -0.117. The lowest BCUT2D eigenvalue weighted by Gasteiger charge is -2.05. The van der Waals surface area contributed by atoms with E-state index in [1.165, 1.54) is 29.0 Å². The molecule has 0 atom stereocenters. The Kier molecular flexibility index (Phi) is 6.33. The van der Waals surface area contributed by atoms with Gasteiger partial charge in [0.05, 0.1) is 28.1 Å². The number of amides is 1. The molecule has 0 radical (unpaired) electrons. The molecule has 0 aliphatic rings. The monoisotopic (exact) mass is 433 g/mol. The molecular formula is C20H23N3O4S2. The van der Waals surface area contributed by atoms with E-state index in [9.17, 15) is 13.2 Å². The normalized spacial score (nSPS) is 12.6. The van der Waals surface area contributed by atoms with Crippen LogP contribution in [0.3, 0.4) is 0 Å². The lowest BCUT2D eigenvalue weighted by atomic mass is 10.0. The molecule has 0 saturated heterocycles. The Morgan fingerprint density at radius 3 is 2.59 bits per heavy atom. The number of hydrogen-bond donors (Lipinski definition) is 1. The number of nitrogens with zero attached hydrogens (tertiary/aromatic N) is 2. The van der Waals surface area contributed by atoms with Crippen molar-refractivity contribution in [2.45, 2.75) is 31.7 Å². The van der Waals surface area contributed by atoms with Gasteiger partial charge in [-0.15, -0.1) is 0 Å². The number of aryl methyl sites for hydroxylation is 2. The van der Waals surface area contributed by atoms with Gasteiger partial charge in [-0.05, 0) is 48.7 Å². The first kappa shape index (κ1) is 21.4. The number of rotatable bonds is 6. The van der Waals surface area contributed by atoms with E-state index in [1.54, 1.807) is 13.2 Å². The van der Waals surface area contributed by atoms with Gasteiger partial charge < -0.3 is 9.30 Å². The molecule has 9 heteroatoms. The summed E-state index contributed by atoms with van der Waals surface area (Å²) in [4.78, 5) is 17.4. The number of carbonyl (C=O) groups is 1. The first-order valence-electron chi connectivity index (χ1n) is 8.98. The second-order valence-electron chi connectivity index (χ2n) is 6.80. The Bertz CT molecular complexity index is 1240. The molecule has 1 heterocycles. The van der Waals surface area contributed by atoms with Gasteiger partial charge in [-0.25, -0.2) is 13.6 Å². The molecule has 1 amide bonds. The fraction of sp³-hybridized carbons (Fsp3) is 0.300. The fourth-order valence-corrected chi connectivity index (χ4v) is 4.68. The quantitative estimate of drug-likeness (QED) is 0.644. The molecule has 3 rings (SSSR count). The smallest absolute Gasteiger partial charge is 0.252 e. The molecule has 2 aromatic carbocycles. The highest BCUT2D eigenvalue weighted by Crippen LogP contribution is 2.21. The maximum atomic E-state index is 12.6. The van der Waals surface area contributed by atoms with Crippen molar-refractivity contribution in [1.29, 1.82) is 0 Å². The lowest BCUT2D eigenvalue weighted by Crippen LogP contribution is -2.19. The topological polar surface area (TPSA) is 104 Å². The number of aromatic nitrogens is 1. The number of carbonyl (C=O) groups excluding carboxylic acids is 1. The molecule has 0 bridgehead atoms. The van der Waals surface area contributed by atoms with E-state index in [4.69, 9.17) is 9.88 Å². The molecule has 0 unspecified atom stereocenters. The number of sulfonamides is 1. The van der Waals surface area contributed by atoms with Crippen LogP contribution in [0.1, 0.15) is 16.7 Å². The van der Waals surface area contributed by atoms with Gasteiger partial charge in [0.1, 0.15) is 0 Å². The zero-order valence-corrected chi connectivity index (χ0v) is 18.1. The van der Waals surface area contributed by atoms with Crippen molar-refractivity contribution in [1.82, 2.24) is 4.57 Å². The third kappa shape index (κ3) is 4.99. The van der Waals surface area contributed by atoms with Crippen molar-refractivity contribution in [3.63, 3.8) is 0 Å². The summed E-state index contributed by atoms with van der Waals surface area (Å²) in [6.45, 7) is 4.95. The molecule has 0 aliphatic carbocycles. The Morgan fingerprint density at radius 1 is 1.17 bits per heavy atom. The number of hydrogen-bond acceptors (Lipinski definition) is 5. The molecule has 0 fully saturated rings. The van der Waals surface area contributed by atoms with Gasteiger partial charge in [-0.2, -0.15) is 4.99 Å². The zero-order chi connectivity index (χ0) is 21.2. The average Bonchev–Trinajstić information content (AvgIpc) is 2.98. The van der Waals surface area contributed by atoms with Gasteiger partial charge in [-0.3, -0.25) is 4.79 Å². The van der Waals surface area contributed by atoms with Crippen LogP contribution >= 0.6 is 11.3 Å². The minimum atomic E-state index is -3.81. The zero-order valence-electron chi connectivity index (χ0n) is 16.5. The molecule has 3 aromatic rings. The van der Waals surface area contributed by atoms with E-state index in [2.05, 4.69) is 4.99 Å². The number of benzene rings is 2. The Balaban J connectivity index is 2.03. The Hall–Kier alpha value is -2.33. The van der Waals surface area contributed by atoms with E-state index in [-0.39, 0.29) is 17.2 Å². The molecule has 1 aromatic heterocycles. The molecule has 2 N–H and O–H groups in total. The summed E-state index contributed by atoms with van der Waals surface area (Å²) in [5.74, 6) is -0.266. The van der Waals surface area contributed by atoms with Gasteiger partial charge in [0.2, 0.25) is 10.0 Å². The molecule has 0 spiro atoms. The van der Waals surface area contributed by atoms with Crippen molar-refractivity contribution in [3.8, 4) is 0 Å². The standard InChI is InChI=1S/C20H23N3O4S2/c1-13-4-5-15(10-14(13)2)11-19(24)22-20-23(8-9-27-3)17-7-6-16(29(21,25)26)12-18(17)28-20/h4-7,10,12H,8-9,11H2,1-3H3,(H2,21,25,26). The Morgan fingerprint density at radius 2 is 1.93 bits per heavy atom. The van der Waals surface area contributed by atoms with Crippen LogP contribution in [0, 0.1) is 13.8 Å². The molecule has 154 valence electrons. The number of ether oxygens (including phenoxy) is 1. The Labute approximate surface area is 173 Å². The third-order valence-corrected chi connectivity index (χ3v) is 6.60. The first-order valence-corrected chi connectivity index (χ1v) is 11.3.